The minimum absolute atomic E-state index is 0.727. The van der Waals surface area contributed by atoms with Gasteiger partial charge < -0.3 is 10.2 Å². The topological polar surface area (TPSA) is 61.1 Å². The zero-order chi connectivity index (χ0) is 19.6. The standard InChI is InChI=1S/C22H33N7/c1-2-23-22(24-9-8-21-26-25-20-5-3-4-10-29(20)21)28-13-11-27(12-14-28)19-16-17-6-7-18(19)15-17/h3-5,10,17-19H,2,6-9,11-16H2,1H3,(H,23,24). The summed E-state index contributed by atoms with van der Waals surface area (Å²) in [6.07, 6.45) is 8.72. The van der Waals surface area contributed by atoms with Crippen LogP contribution >= 0.6 is 0 Å². The summed E-state index contributed by atoms with van der Waals surface area (Å²) >= 11 is 0. The molecule has 3 aliphatic rings. The lowest BCUT2D eigenvalue weighted by atomic mass is 9.93. The lowest BCUT2D eigenvalue weighted by Gasteiger charge is -2.42. The van der Waals surface area contributed by atoms with Crippen molar-refractivity contribution in [3.63, 3.8) is 0 Å². The number of nitrogens with one attached hydrogen (secondary N) is 1. The van der Waals surface area contributed by atoms with E-state index >= 15 is 0 Å². The van der Waals surface area contributed by atoms with Crippen molar-refractivity contribution in [3.05, 3.63) is 30.2 Å². The third-order valence-electron chi connectivity index (χ3n) is 7.10. The first-order valence-corrected chi connectivity index (χ1v) is 11.4. The van der Waals surface area contributed by atoms with Gasteiger partial charge in [0.25, 0.3) is 0 Å². The summed E-state index contributed by atoms with van der Waals surface area (Å²) < 4.78 is 2.05. The largest absolute Gasteiger partial charge is 0.357 e. The van der Waals surface area contributed by atoms with Gasteiger partial charge in [0.2, 0.25) is 0 Å². The van der Waals surface area contributed by atoms with Crippen molar-refractivity contribution in [1.82, 2.24) is 29.7 Å². The van der Waals surface area contributed by atoms with Crippen LogP contribution in [0.2, 0.25) is 0 Å². The first kappa shape index (κ1) is 18.9. The lowest BCUT2D eigenvalue weighted by Crippen LogP contribution is -2.55. The molecule has 2 saturated carbocycles. The average molecular weight is 396 g/mol. The second kappa shape index (κ2) is 8.30. The molecule has 0 radical (unpaired) electrons. The number of guanidine groups is 1. The molecule has 2 aromatic rings. The van der Waals surface area contributed by atoms with Crippen molar-refractivity contribution in [2.45, 2.75) is 45.1 Å². The van der Waals surface area contributed by atoms with E-state index in [1.807, 2.05) is 24.4 Å². The van der Waals surface area contributed by atoms with E-state index in [1.165, 1.54) is 38.8 Å². The molecule has 2 aliphatic carbocycles. The molecule has 3 heterocycles. The van der Waals surface area contributed by atoms with E-state index < -0.39 is 0 Å². The highest BCUT2D eigenvalue weighted by Gasteiger charge is 2.42. The van der Waals surface area contributed by atoms with E-state index in [0.29, 0.717) is 0 Å². The molecule has 156 valence electrons. The molecule has 3 unspecified atom stereocenters. The number of pyridine rings is 1. The van der Waals surface area contributed by atoms with Crippen LogP contribution < -0.4 is 5.32 Å². The molecular weight excluding hydrogens is 362 g/mol. The zero-order valence-corrected chi connectivity index (χ0v) is 17.5. The van der Waals surface area contributed by atoms with Crippen molar-refractivity contribution >= 4 is 11.6 Å². The smallest absolute Gasteiger partial charge is 0.194 e. The highest BCUT2D eigenvalue weighted by atomic mass is 15.4. The molecule has 5 rings (SSSR count). The molecule has 7 nitrogen and oxygen atoms in total. The second-order valence-corrected chi connectivity index (χ2v) is 8.80. The van der Waals surface area contributed by atoms with Gasteiger partial charge in [-0.15, -0.1) is 10.2 Å². The van der Waals surface area contributed by atoms with Gasteiger partial charge in [0.05, 0.1) is 0 Å². The highest BCUT2D eigenvalue weighted by molar-refractivity contribution is 5.80. The highest BCUT2D eigenvalue weighted by Crippen LogP contribution is 2.46. The summed E-state index contributed by atoms with van der Waals surface area (Å²) in [5.41, 5.74) is 0.898. The van der Waals surface area contributed by atoms with Gasteiger partial charge in [0.15, 0.2) is 11.6 Å². The van der Waals surface area contributed by atoms with Crippen LogP contribution in [0.3, 0.4) is 0 Å². The van der Waals surface area contributed by atoms with Crippen LogP contribution in [0.15, 0.2) is 29.4 Å². The number of rotatable bonds is 5. The Morgan fingerprint density at radius 3 is 2.79 bits per heavy atom. The maximum atomic E-state index is 4.91. The van der Waals surface area contributed by atoms with Crippen LogP contribution in [0, 0.1) is 11.8 Å². The average Bonchev–Trinajstić information content (AvgIpc) is 3.49. The van der Waals surface area contributed by atoms with E-state index in [1.54, 1.807) is 0 Å². The van der Waals surface area contributed by atoms with E-state index in [0.717, 1.165) is 67.9 Å². The number of aromatic nitrogens is 3. The Morgan fingerprint density at radius 1 is 1.14 bits per heavy atom. The Kier molecular flexibility index (Phi) is 5.40. The first-order valence-electron chi connectivity index (χ1n) is 11.4. The molecule has 3 fully saturated rings. The predicted molar refractivity (Wildman–Crippen MR) is 115 cm³/mol. The SMILES string of the molecule is CCNC(=NCCc1nnc2ccccn12)N1CCN(C2CC3CCC2C3)CC1. The Labute approximate surface area is 173 Å². The van der Waals surface area contributed by atoms with Gasteiger partial charge in [0, 0.05) is 57.9 Å². The molecular formula is C22H33N7. The van der Waals surface area contributed by atoms with Gasteiger partial charge >= 0.3 is 0 Å². The fourth-order valence-corrected chi connectivity index (χ4v) is 5.67. The Bertz CT molecular complexity index is 852. The van der Waals surface area contributed by atoms with Crippen LogP contribution in [0.4, 0.5) is 0 Å². The first-order chi connectivity index (χ1) is 14.3. The third kappa shape index (κ3) is 3.84. The van der Waals surface area contributed by atoms with Crippen molar-refractivity contribution in [3.8, 4) is 0 Å². The Balaban J connectivity index is 1.18. The minimum Gasteiger partial charge on any atom is -0.357 e. The Morgan fingerprint density at radius 2 is 2.03 bits per heavy atom. The third-order valence-corrected chi connectivity index (χ3v) is 7.10. The second-order valence-electron chi connectivity index (χ2n) is 8.80. The molecule has 1 aliphatic heterocycles. The molecule has 0 spiro atoms. The zero-order valence-electron chi connectivity index (χ0n) is 17.5. The number of hydrogen-bond donors (Lipinski definition) is 1. The molecule has 7 heteroatoms. The molecule has 1 saturated heterocycles. The minimum atomic E-state index is 0.727. The summed E-state index contributed by atoms with van der Waals surface area (Å²) in [6, 6.07) is 6.85. The summed E-state index contributed by atoms with van der Waals surface area (Å²) in [6.45, 7) is 8.28. The molecule has 0 aromatic carbocycles. The van der Waals surface area contributed by atoms with Crippen molar-refractivity contribution in [1.29, 1.82) is 0 Å². The molecule has 2 aromatic heterocycles. The van der Waals surface area contributed by atoms with Crippen molar-refractivity contribution < 1.29 is 0 Å². The normalized spacial score (nSPS) is 27.8. The van der Waals surface area contributed by atoms with E-state index in [9.17, 15) is 0 Å². The summed E-state index contributed by atoms with van der Waals surface area (Å²) in [4.78, 5) is 10.1. The van der Waals surface area contributed by atoms with Gasteiger partial charge in [-0.2, -0.15) is 0 Å². The van der Waals surface area contributed by atoms with Gasteiger partial charge in [-0.25, -0.2) is 0 Å². The molecule has 1 N–H and O–H groups in total. The molecule has 0 amide bonds. The number of aliphatic imine (C=N–C) groups is 1. The lowest BCUT2D eigenvalue weighted by molar-refractivity contribution is 0.0958. The molecule has 3 atom stereocenters. The predicted octanol–water partition coefficient (Wildman–Crippen LogP) is 2.04. The summed E-state index contributed by atoms with van der Waals surface area (Å²) in [7, 11) is 0. The number of nitrogens with zero attached hydrogens (tertiary/aromatic N) is 6. The molecule has 29 heavy (non-hydrogen) atoms. The number of fused-ring (bicyclic) bond motifs is 3. The summed E-state index contributed by atoms with van der Waals surface area (Å²) in [5.74, 6) is 4.02. The maximum absolute atomic E-state index is 4.91. The van der Waals surface area contributed by atoms with Crippen LogP contribution in [-0.4, -0.2) is 75.7 Å². The monoisotopic (exact) mass is 395 g/mol. The van der Waals surface area contributed by atoms with Gasteiger partial charge in [-0.3, -0.25) is 14.3 Å². The fraction of sp³-hybridized carbons (Fsp3) is 0.682. The maximum Gasteiger partial charge on any atom is 0.194 e. The van der Waals surface area contributed by atoms with Gasteiger partial charge in [-0.05, 0) is 50.2 Å². The quantitative estimate of drug-likeness (QED) is 0.620. The van der Waals surface area contributed by atoms with Crippen molar-refractivity contribution in [2.75, 3.05) is 39.3 Å². The summed E-state index contributed by atoms with van der Waals surface area (Å²) in [5, 5.41) is 12.1. The van der Waals surface area contributed by atoms with E-state index in [2.05, 4.69) is 36.6 Å². The van der Waals surface area contributed by atoms with Crippen LogP contribution in [-0.2, 0) is 6.42 Å². The Hall–Kier alpha value is -2.15. The van der Waals surface area contributed by atoms with Crippen LogP contribution in [0.25, 0.3) is 5.65 Å². The van der Waals surface area contributed by atoms with Gasteiger partial charge in [0.1, 0.15) is 5.82 Å². The number of piperazine rings is 1. The van der Waals surface area contributed by atoms with Crippen LogP contribution in [0.1, 0.15) is 38.4 Å². The fourth-order valence-electron chi connectivity index (χ4n) is 5.67. The van der Waals surface area contributed by atoms with E-state index in [-0.39, 0.29) is 0 Å². The molecule has 2 bridgehead atoms. The van der Waals surface area contributed by atoms with E-state index in [4.69, 9.17) is 4.99 Å². The van der Waals surface area contributed by atoms with Crippen LogP contribution in [0.5, 0.6) is 0 Å². The number of hydrogen-bond acceptors (Lipinski definition) is 4. The van der Waals surface area contributed by atoms with Crippen molar-refractivity contribution in [2.24, 2.45) is 16.8 Å². The van der Waals surface area contributed by atoms with Gasteiger partial charge in [-0.1, -0.05) is 12.5 Å².